The largest absolute Gasteiger partial charge is 0.497 e. The molecule has 0 aliphatic heterocycles. The van der Waals surface area contributed by atoms with Gasteiger partial charge < -0.3 is 19.5 Å². The molecule has 0 fully saturated rings. The summed E-state index contributed by atoms with van der Waals surface area (Å²) in [5.41, 5.74) is 0.113. The van der Waals surface area contributed by atoms with Gasteiger partial charge in [-0.15, -0.1) is 0 Å². The van der Waals surface area contributed by atoms with Gasteiger partial charge in [0.25, 0.3) is 5.56 Å². The number of amides is 1. The van der Waals surface area contributed by atoms with Gasteiger partial charge in [-0.05, 0) is 48.5 Å². The predicted molar refractivity (Wildman–Crippen MR) is 129 cm³/mol. The van der Waals surface area contributed by atoms with E-state index < -0.39 is 17.2 Å². The Morgan fingerprint density at radius 1 is 0.853 bits per heavy atom. The number of anilines is 1. The highest BCUT2D eigenvalue weighted by Gasteiger charge is 2.17. The Bertz CT molecular complexity index is 1470. The van der Waals surface area contributed by atoms with E-state index in [1.807, 2.05) is 0 Å². The van der Waals surface area contributed by atoms with E-state index in [0.29, 0.717) is 39.5 Å². The van der Waals surface area contributed by atoms with Crippen LogP contribution in [0.5, 0.6) is 17.2 Å². The summed E-state index contributed by atoms with van der Waals surface area (Å²) in [5.74, 6) is 1.12. The smallest absolute Gasteiger partial charge is 0.336 e. The van der Waals surface area contributed by atoms with Crippen molar-refractivity contribution in [1.82, 2.24) is 9.13 Å². The van der Waals surface area contributed by atoms with Crippen molar-refractivity contribution >= 4 is 22.5 Å². The number of hydrogen-bond donors (Lipinski definition) is 1. The van der Waals surface area contributed by atoms with Gasteiger partial charge in [-0.25, -0.2) is 9.36 Å². The molecule has 0 saturated carbocycles. The van der Waals surface area contributed by atoms with Crippen molar-refractivity contribution in [2.24, 2.45) is 0 Å². The molecule has 1 heterocycles. The molecule has 0 atom stereocenters. The first-order valence-electron chi connectivity index (χ1n) is 10.4. The third-order valence-electron chi connectivity index (χ3n) is 5.35. The first-order valence-corrected chi connectivity index (χ1v) is 10.4. The van der Waals surface area contributed by atoms with Gasteiger partial charge in [-0.2, -0.15) is 0 Å². The molecule has 34 heavy (non-hydrogen) atoms. The first kappa shape index (κ1) is 22.7. The topological polar surface area (TPSA) is 101 Å². The lowest BCUT2D eigenvalue weighted by Gasteiger charge is -2.15. The molecule has 3 aromatic carbocycles. The van der Waals surface area contributed by atoms with Crippen LogP contribution in [0, 0.1) is 0 Å². The molecular formula is C25H23N3O6. The number of rotatable bonds is 7. The third-order valence-corrected chi connectivity index (χ3v) is 5.35. The number of methoxy groups -OCH3 is 3. The van der Waals surface area contributed by atoms with Crippen LogP contribution in [0.15, 0.2) is 76.3 Å². The molecule has 9 heteroatoms. The molecule has 0 aliphatic carbocycles. The maximum Gasteiger partial charge on any atom is 0.336 e. The molecule has 4 rings (SSSR count). The van der Waals surface area contributed by atoms with Crippen LogP contribution in [-0.2, 0) is 11.3 Å². The fourth-order valence-electron chi connectivity index (χ4n) is 3.69. The van der Waals surface area contributed by atoms with Gasteiger partial charge in [0.1, 0.15) is 12.3 Å². The number of nitrogens with one attached hydrogen (secondary N) is 1. The van der Waals surface area contributed by atoms with E-state index in [1.54, 1.807) is 66.7 Å². The van der Waals surface area contributed by atoms with Crippen molar-refractivity contribution in [3.8, 4) is 22.9 Å². The van der Waals surface area contributed by atoms with E-state index in [4.69, 9.17) is 14.2 Å². The van der Waals surface area contributed by atoms with Crippen LogP contribution in [0.1, 0.15) is 0 Å². The van der Waals surface area contributed by atoms with Crippen molar-refractivity contribution in [2.45, 2.75) is 6.54 Å². The fourth-order valence-corrected chi connectivity index (χ4v) is 3.69. The quantitative estimate of drug-likeness (QED) is 0.454. The van der Waals surface area contributed by atoms with Crippen molar-refractivity contribution in [3.63, 3.8) is 0 Å². The molecule has 0 unspecified atom stereocenters. The zero-order chi connectivity index (χ0) is 24.2. The van der Waals surface area contributed by atoms with Crippen molar-refractivity contribution in [1.29, 1.82) is 0 Å². The zero-order valence-corrected chi connectivity index (χ0v) is 18.9. The number of nitrogens with zero attached hydrogens (tertiary/aromatic N) is 2. The molecule has 1 N–H and O–H groups in total. The van der Waals surface area contributed by atoms with Gasteiger partial charge in [0, 0.05) is 11.8 Å². The number of ether oxygens (including phenoxy) is 3. The Labute approximate surface area is 194 Å². The summed E-state index contributed by atoms with van der Waals surface area (Å²) < 4.78 is 18.0. The molecular weight excluding hydrogens is 438 g/mol. The van der Waals surface area contributed by atoms with Crippen molar-refractivity contribution < 1.29 is 19.0 Å². The SMILES string of the molecule is COc1ccc(-n2c(=O)c3ccccc3n(CC(=O)Nc3ccc(OC)c(OC)c3)c2=O)cc1. The van der Waals surface area contributed by atoms with Crippen LogP contribution in [0.2, 0.25) is 0 Å². The Morgan fingerprint density at radius 2 is 1.56 bits per heavy atom. The van der Waals surface area contributed by atoms with Crippen LogP contribution in [-0.4, -0.2) is 36.4 Å². The molecule has 1 amide bonds. The highest BCUT2D eigenvalue weighted by molar-refractivity contribution is 5.92. The minimum absolute atomic E-state index is 0.301. The third kappa shape index (κ3) is 4.23. The second-order valence-electron chi connectivity index (χ2n) is 7.34. The normalized spacial score (nSPS) is 10.7. The second-order valence-corrected chi connectivity index (χ2v) is 7.34. The van der Waals surface area contributed by atoms with E-state index in [-0.39, 0.29) is 6.54 Å². The minimum Gasteiger partial charge on any atom is -0.497 e. The minimum atomic E-state index is -0.628. The van der Waals surface area contributed by atoms with E-state index in [9.17, 15) is 14.4 Å². The number of fused-ring (bicyclic) bond motifs is 1. The van der Waals surface area contributed by atoms with Crippen LogP contribution >= 0.6 is 0 Å². The molecule has 0 bridgehead atoms. The van der Waals surface area contributed by atoms with Crippen LogP contribution in [0.4, 0.5) is 5.69 Å². The molecule has 0 spiro atoms. The summed E-state index contributed by atoms with van der Waals surface area (Å²) in [6, 6.07) is 18.2. The zero-order valence-electron chi connectivity index (χ0n) is 18.9. The molecule has 0 aliphatic rings. The molecule has 1 aromatic heterocycles. The van der Waals surface area contributed by atoms with Gasteiger partial charge in [-0.1, -0.05) is 12.1 Å². The number of carbonyl (C=O) groups excluding carboxylic acids is 1. The number of para-hydroxylation sites is 1. The number of benzene rings is 3. The maximum absolute atomic E-state index is 13.4. The van der Waals surface area contributed by atoms with Gasteiger partial charge in [0.05, 0.1) is 37.9 Å². The molecule has 4 aromatic rings. The van der Waals surface area contributed by atoms with E-state index in [0.717, 1.165) is 4.57 Å². The van der Waals surface area contributed by atoms with Crippen LogP contribution in [0.25, 0.3) is 16.6 Å². The number of carbonyl (C=O) groups is 1. The molecule has 9 nitrogen and oxygen atoms in total. The Kier molecular flexibility index (Phi) is 6.35. The van der Waals surface area contributed by atoms with E-state index in [2.05, 4.69) is 5.32 Å². The van der Waals surface area contributed by atoms with E-state index in [1.165, 1.54) is 25.9 Å². The average Bonchev–Trinajstić information content (AvgIpc) is 2.87. The molecule has 0 radical (unpaired) electrons. The maximum atomic E-state index is 13.4. The molecule has 0 saturated heterocycles. The van der Waals surface area contributed by atoms with Gasteiger partial charge in [0.15, 0.2) is 11.5 Å². The van der Waals surface area contributed by atoms with Crippen LogP contribution < -0.4 is 30.8 Å². The number of hydrogen-bond acceptors (Lipinski definition) is 6. The number of aromatic nitrogens is 2. The summed E-state index contributed by atoms with van der Waals surface area (Å²) in [4.78, 5) is 39.5. The summed E-state index contributed by atoms with van der Waals surface area (Å²) in [6.45, 7) is -0.301. The Balaban J connectivity index is 1.75. The highest BCUT2D eigenvalue weighted by atomic mass is 16.5. The Morgan fingerprint density at radius 3 is 2.24 bits per heavy atom. The van der Waals surface area contributed by atoms with E-state index >= 15 is 0 Å². The lowest BCUT2D eigenvalue weighted by Crippen LogP contribution is -2.40. The van der Waals surface area contributed by atoms with Crippen LogP contribution in [0.3, 0.4) is 0 Å². The van der Waals surface area contributed by atoms with Gasteiger partial charge in [-0.3, -0.25) is 14.2 Å². The average molecular weight is 461 g/mol. The fraction of sp³-hybridized carbons (Fsp3) is 0.160. The lowest BCUT2D eigenvalue weighted by molar-refractivity contribution is -0.116. The monoisotopic (exact) mass is 461 g/mol. The highest BCUT2D eigenvalue weighted by Crippen LogP contribution is 2.29. The van der Waals surface area contributed by atoms with Gasteiger partial charge in [0.2, 0.25) is 5.91 Å². The summed E-state index contributed by atoms with van der Waals surface area (Å²) in [5, 5.41) is 3.08. The first-order chi connectivity index (χ1) is 16.5. The second kappa shape index (κ2) is 9.53. The predicted octanol–water partition coefficient (Wildman–Crippen LogP) is 2.82. The van der Waals surface area contributed by atoms with Crippen molar-refractivity contribution in [3.05, 3.63) is 87.6 Å². The summed E-state index contributed by atoms with van der Waals surface area (Å²) >= 11 is 0. The van der Waals surface area contributed by atoms with Gasteiger partial charge >= 0.3 is 5.69 Å². The standard InChI is InChI=1S/C25H23N3O6/c1-32-18-11-9-17(10-12-18)28-24(30)19-6-4-5-7-20(19)27(25(28)31)15-23(29)26-16-8-13-21(33-2)22(14-16)34-3/h4-14H,15H2,1-3H3,(H,26,29). The Hall–Kier alpha value is -4.53. The summed E-state index contributed by atoms with van der Waals surface area (Å²) in [6.07, 6.45) is 0. The lowest BCUT2D eigenvalue weighted by atomic mass is 10.2. The molecule has 174 valence electrons. The van der Waals surface area contributed by atoms with Crippen molar-refractivity contribution in [2.75, 3.05) is 26.6 Å². The summed E-state index contributed by atoms with van der Waals surface area (Å²) in [7, 11) is 4.55.